The number of likely N-dealkylation sites (tertiary alicyclic amines) is 2. The summed E-state index contributed by atoms with van der Waals surface area (Å²) < 4.78 is 20.9. The fourth-order valence-electron chi connectivity index (χ4n) is 19.7. The van der Waals surface area contributed by atoms with Crippen molar-refractivity contribution in [2.75, 3.05) is 89.7 Å². The Hall–Kier alpha value is -10.2. The fraction of sp³-hybridized carbons (Fsp3) is 0.388. The zero-order valence-electron chi connectivity index (χ0n) is 69.1. The van der Waals surface area contributed by atoms with Crippen molar-refractivity contribution in [3.63, 3.8) is 0 Å². The van der Waals surface area contributed by atoms with Gasteiger partial charge in [0.05, 0.1) is 36.4 Å². The van der Waals surface area contributed by atoms with E-state index in [2.05, 4.69) is 191 Å². The number of carbonyl (C=O) groups is 4. The average molecular weight is 1510 g/mol. The van der Waals surface area contributed by atoms with Gasteiger partial charge in [-0.3, -0.25) is 19.2 Å². The van der Waals surface area contributed by atoms with Gasteiger partial charge in [0.1, 0.15) is 11.5 Å². The summed E-state index contributed by atoms with van der Waals surface area (Å²) in [5.41, 5.74) is 28.1. The monoisotopic (exact) mass is 1510 g/mol. The molecule has 18 rings (SSSR count). The van der Waals surface area contributed by atoms with Crippen LogP contribution < -0.4 is 9.47 Å². The summed E-state index contributed by atoms with van der Waals surface area (Å²) in [7, 11) is 18.2. The number of benzene rings is 8. The van der Waals surface area contributed by atoms with Crippen molar-refractivity contribution in [3.05, 3.63) is 202 Å². The van der Waals surface area contributed by atoms with Crippen LogP contribution in [0.2, 0.25) is 0 Å². The summed E-state index contributed by atoms with van der Waals surface area (Å²) in [4.78, 5) is 60.2. The SMILES string of the molecule is C=C1CCc2c1ccc1c2c2cc(C(C)=O)c(OC)cc2n1CCCN(C)C.C=C1CCc2c1ccc1c2c2cc(C(C)=O)ccc2n1CCC1CCCN1C.C=C1CCc2c1ccc1c2c2cc(C(C)=O)ccc2n1CC[C@@H]1CCCN1C.C=C1c2ccc3c(c2CN1C)c1cc(C(C)=O)c(OC)cc1n3CCCN(C)C. The minimum atomic E-state index is 0.0198. The van der Waals surface area contributed by atoms with Gasteiger partial charge in [0.25, 0.3) is 0 Å². The van der Waals surface area contributed by atoms with Crippen LogP contribution >= 0.6 is 0 Å². The summed E-state index contributed by atoms with van der Waals surface area (Å²) in [6.45, 7) is 32.8. The molecular weight excluding hydrogens is 1400 g/mol. The first-order valence-corrected chi connectivity index (χ1v) is 41.0. The number of fused-ring (bicyclic) bond motifs is 20. The maximum absolute atomic E-state index is 12.3. The van der Waals surface area contributed by atoms with E-state index in [-0.39, 0.29) is 23.1 Å². The highest BCUT2D eigenvalue weighted by molar-refractivity contribution is 6.18. The maximum Gasteiger partial charge on any atom is 0.163 e. The maximum atomic E-state index is 12.3. The third-order valence-electron chi connectivity index (χ3n) is 25.8. The molecule has 1 unspecified atom stereocenters. The van der Waals surface area contributed by atoms with Crippen molar-refractivity contribution in [2.24, 2.45) is 0 Å². The average Bonchev–Trinajstić information content (AvgIpc) is 1.60. The summed E-state index contributed by atoms with van der Waals surface area (Å²) in [5, 5.41) is 9.93. The van der Waals surface area contributed by atoms with Gasteiger partial charge in [-0.2, -0.15) is 0 Å². The van der Waals surface area contributed by atoms with E-state index >= 15 is 0 Å². The van der Waals surface area contributed by atoms with E-state index < -0.39 is 0 Å². The molecule has 4 aromatic heterocycles. The summed E-state index contributed by atoms with van der Waals surface area (Å²) in [6.07, 6.45) is 15.9. The Labute approximate surface area is 666 Å². The van der Waals surface area contributed by atoms with Gasteiger partial charge in [-0.25, -0.2) is 0 Å². The molecule has 586 valence electrons. The highest BCUT2D eigenvalue weighted by Gasteiger charge is 2.31. The standard InChI is InChI=1S/2C25H28N2O.C24H29N3O2.C24H28N2O2/c2*1-16-6-8-21-20(16)9-11-24-25(21)22-15-18(17(2)28)7-10-23(22)27(24)14-12-19-5-4-13-26(19)3;1-15-17-8-9-21-24(20(17)14-26(15)5)19-12-18(16(2)28)23(29-6)13-22(19)27(21)11-7-10-25(3)4;1-15-7-8-18-17(15)9-10-21-24(18)20-13-19(16(2)27)23(28-5)14-22(20)26(21)12-6-11-25(3)4/h2*7,9-11,15,19H,1,4-6,8,12-14H2,2-3H3;8-9,12-13H,1,7,10-11,14H2,2-6H3;9-10,13-14H,1,6-8,11-12H2,2-5H3/t19-;;;/m0.../s1. The first kappa shape index (κ1) is 78.1. The van der Waals surface area contributed by atoms with E-state index in [0.717, 1.165) is 136 Å². The van der Waals surface area contributed by atoms with Crippen LogP contribution in [0.3, 0.4) is 0 Å². The predicted octanol–water partition coefficient (Wildman–Crippen LogP) is 20.2. The van der Waals surface area contributed by atoms with Gasteiger partial charge in [-0.1, -0.05) is 50.6 Å². The van der Waals surface area contributed by atoms with Crippen molar-refractivity contribution in [1.82, 2.24) is 42.8 Å². The minimum absolute atomic E-state index is 0.0198. The van der Waals surface area contributed by atoms with Gasteiger partial charge in [-0.05, 0) is 315 Å². The first-order chi connectivity index (χ1) is 54.3. The zero-order chi connectivity index (χ0) is 79.7. The van der Waals surface area contributed by atoms with Gasteiger partial charge in [0.2, 0.25) is 0 Å². The lowest BCUT2D eigenvalue weighted by Gasteiger charge is -2.20. The van der Waals surface area contributed by atoms with E-state index in [1.165, 1.54) is 178 Å². The second kappa shape index (κ2) is 32.0. The van der Waals surface area contributed by atoms with Gasteiger partial charge < -0.3 is 52.2 Å². The van der Waals surface area contributed by atoms with Crippen molar-refractivity contribution in [3.8, 4) is 11.5 Å². The second-order valence-electron chi connectivity index (χ2n) is 33.4. The van der Waals surface area contributed by atoms with E-state index in [0.29, 0.717) is 34.7 Å². The van der Waals surface area contributed by atoms with Crippen molar-refractivity contribution >= 4 is 133 Å². The number of nitrogens with zero attached hydrogens (tertiary/aromatic N) is 9. The van der Waals surface area contributed by atoms with Crippen LogP contribution in [0.5, 0.6) is 11.5 Å². The largest absolute Gasteiger partial charge is 0.496 e. The summed E-state index contributed by atoms with van der Waals surface area (Å²) in [5.74, 6) is 1.60. The number of aromatic nitrogens is 4. The predicted molar refractivity (Wildman–Crippen MR) is 470 cm³/mol. The number of rotatable bonds is 20. The molecule has 2 atom stereocenters. The van der Waals surface area contributed by atoms with Crippen LogP contribution in [-0.2, 0) is 52.0 Å². The highest BCUT2D eigenvalue weighted by Crippen LogP contribution is 2.47. The third kappa shape index (κ3) is 14.5. The molecule has 6 aliphatic rings. The van der Waals surface area contributed by atoms with E-state index in [1.54, 1.807) is 41.9 Å². The minimum Gasteiger partial charge on any atom is -0.496 e. The molecule has 15 heteroatoms. The molecule has 0 spiro atoms. The zero-order valence-corrected chi connectivity index (χ0v) is 69.1. The summed E-state index contributed by atoms with van der Waals surface area (Å²) in [6, 6.07) is 39.9. The molecule has 0 radical (unpaired) electrons. The van der Waals surface area contributed by atoms with E-state index in [9.17, 15) is 19.2 Å². The van der Waals surface area contributed by atoms with Crippen LogP contribution in [0.1, 0.15) is 184 Å². The molecule has 3 aliphatic carbocycles. The highest BCUT2D eigenvalue weighted by atomic mass is 16.5. The number of Topliss-reactive ketones (excluding diaryl/α,β-unsaturated/α-hetero) is 4. The number of aryl methyl sites for hydroxylation is 7. The van der Waals surface area contributed by atoms with Crippen LogP contribution in [-0.4, -0.2) is 168 Å². The Morgan fingerprint density at radius 1 is 0.407 bits per heavy atom. The molecule has 2 fully saturated rings. The van der Waals surface area contributed by atoms with E-state index in [1.807, 2.05) is 36.4 Å². The normalized spacial score (nSPS) is 16.7. The second-order valence-corrected chi connectivity index (χ2v) is 33.4. The fourth-order valence-corrected chi connectivity index (χ4v) is 19.7. The van der Waals surface area contributed by atoms with Crippen LogP contribution in [0.15, 0.2) is 136 Å². The van der Waals surface area contributed by atoms with Gasteiger partial charge >= 0.3 is 0 Å². The van der Waals surface area contributed by atoms with Gasteiger partial charge in [0, 0.05) is 163 Å². The van der Waals surface area contributed by atoms with Crippen molar-refractivity contribution in [2.45, 2.75) is 162 Å². The smallest absolute Gasteiger partial charge is 0.163 e. The lowest BCUT2D eigenvalue weighted by atomic mass is 10.00. The molecule has 113 heavy (non-hydrogen) atoms. The van der Waals surface area contributed by atoms with Crippen molar-refractivity contribution in [1.29, 1.82) is 0 Å². The molecule has 3 aliphatic heterocycles. The third-order valence-corrected chi connectivity index (χ3v) is 25.8. The molecule has 8 aromatic carbocycles. The molecule has 0 amide bonds. The van der Waals surface area contributed by atoms with Crippen molar-refractivity contribution < 1.29 is 28.7 Å². The molecule has 2 saturated heterocycles. The molecule has 0 saturated carbocycles. The number of hydrogen-bond donors (Lipinski definition) is 0. The molecule has 7 heterocycles. The number of allylic oxidation sites excluding steroid dienone is 3. The molecule has 0 N–H and O–H groups in total. The van der Waals surface area contributed by atoms with Crippen LogP contribution in [0, 0.1) is 0 Å². The van der Waals surface area contributed by atoms with Crippen LogP contribution in [0.25, 0.3) is 110 Å². The summed E-state index contributed by atoms with van der Waals surface area (Å²) >= 11 is 0. The van der Waals surface area contributed by atoms with Gasteiger partial charge in [-0.15, -0.1) is 0 Å². The Morgan fingerprint density at radius 2 is 0.752 bits per heavy atom. The van der Waals surface area contributed by atoms with Gasteiger partial charge in [0.15, 0.2) is 23.1 Å². The number of ketones is 4. The van der Waals surface area contributed by atoms with Crippen LogP contribution in [0.4, 0.5) is 0 Å². The van der Waals surface area contributed by atoms with E-state index in [4.69, 9.17) is 9.47 Å². The molecule has 0 bridgehead atoms. The number of ether oxygens (including phenoxy) is 2. The molecule has 12 aromatic rings. The lowest BCUT2D eigenvalue weighted by Crippen LogP contribution is -2.26. The Balaban J connectivity index is 0.000000119. The molecule has 15 nitrogen and oxygen atoms in total. The number of carbonyl (C=O) groups excluding carboxylic acids is 4. The lowest BCUT2D eigenvalue weighted by molar-refractivity contribution is 0.100. The quantitative estimate of drug-likeness (QED) is 0.0678. The Morgan fingerprint density at radius 3 is 1.09 bits per heavy atom. The topological polar surface area (TPSA) is 123 Å². The Kier molecular flexibility index (Phi) is 22.1. The molecular formula is C98H113N9O6. The number of methoxy groups -OCH3 is 2. The first-order valence-electron chi connectivity index (χ1n) is 41.0. The Bertz CT molecular complexity index is 5750. The number of hydrogen-bond acceptors (Lipinski definition) is 11.